The predicted octanol–water partition coefficient (Wildman–Crippen LogP) is 2.49. The summed E-state index contributed by atoms with van der Waals surface area (Å²) in [4.78, 5) is 25.5. The molecule has 0 fully saturated rings. The number of carbonyl (C=O) groups excluding carboxylic acids is 1. The normalized spacial score (nSPS) is 17.0. The number of benzene rings is 2. The van der Waals surface area contributed by atoms with Gasteiger partial charge < -0.3 is 19.7 Å². The second-order valence-corrected chi connectivity index (χ2v) is 7.88. The van der Waals surface area contributed by atoms with Gasteiger partial charge in [-0.3, -0.25) is 4.79 Å². The largest absolute Gasteiger partial charge is 0.593 e. The molecule has 1 aromatic heterocycles. The highest BCUT2D eigenvalue weighted by molar-refractivity contribution is 7.89. The van der Waals surface area contributed by atoms with Crippen LogP contribution in [0.4, 0.5) is 27.5 Å². The Morgan fingerprint density at radius 2 is 1.93 bits per heavy atom. The summed E-state index contributed by atoms with van der Waals surface area (Å²) in [5.74, 6) is 0.242. The van der Waals surface area contributed by atoms with Crippen LogP contribution < -0.4 is 20.3 Å². The first-order chi connectivity index (χ1) is 14.3. The van der Waals surface area contributed by atoms with Gasteiger partial charge in [0.1, 0.15) is 17.5 Å². The minimum absolute atomic E-state index is 0.203. The van der Waals surface area contributed by atoms with Crippen LogP contribution in [0.2, 0.25) is 0 Å². The SMILES string of the molecule is CN1C(=O)C(c2cccc(F)c2)N(C)c2nc(Nc3ccc([S+](N)[O-])cc3)ncc21. The summed E-state index contributed by atoms with van der Waals surface area (Å²) in [6.45, 7) is 0. The summed E-state index contributed by atoms with van der Waals surface area (Å²) in [5.41, 5.74) is 1.78. The zero-order valence-electron chi connectivity index (χ0n) is 16.2. The number of rotatable bonds is 4. The van der Waals surface area contributed by atoms with E-state index in [4.69, 9.17) is 5.14 Å². The van der Waals surface area contributed by atoms with Gasteiger partial charge in [-0.05, 0) is 42.0 Å². The molecule has 2 aromatic carbocycles. The highest BCUT2D eigenvalue weighted by Crippen LogP contribution is 2.39. The van der Waals surface area contributed by atoms with Gasteiger partial charge in [0.2, 0.25) is 5.95 Å². The van der Waals surface area contributed by atoms with E-state index in [1.807, 2.05) is 0 Å². The van der Waals surface area contributed by atoms with Gasteiger partial charge in [0.05, 0.1) is 17.6 Å². The fourth-order valence-corrected chi connectivity index (χ4v) is 3.76. The Morgan fingerprint density at radius 1 is 1.20 bits per heavy atom. The second-order valence-electron chi connectivity index (χ2n) is 6.81. The third-order valence-corrected chi connectivity index (χ3v) is 5.64. The fourth-order valence-electron chi connectivity index (χ4n) is 3.36. The Morgan fingerprint density at radius 3 is 2.60 bits per heavy atom. The number of nitrogens with zero attached hydrogens (tertiary/aromatic N) is 4. The average molecular weight is 426 g/mol. The minimum Gasteiger partial charge on any atom is -0.593 e. The number of aromatic nitrogens is 2. The van der Waals surface area contributed by atoms with Gasteiger partial charge in [0.15, 0.2) is 10.7 Å². The van der Waals surface area contributed by atoms with Gasteiger partial charge in [0, 0.05) is 19.8 Å². The van der Waals surface area contributed by atoms with Crippen LogP contribution in [-0.2, 0) is 16.2 Å². The van der Waals surface area contributed by atoms with E-state index in [-0.39, 0.29) is 5.91 Å². The molecule has 0 aliphatic carbocycles. The standard InChI is InChI=1S/C20H19FN6O2S/c1-26-16-11-23-20(24-14-6-8-15(9-7-14)30(22)29)25-18(16)27(2)17(19(26)28)12-4-3-5-13(21)10-12/h3-11,17H,22H2,1-2H3,(H,23,24,25). The molecule has 0 saturated carbocycles. The molecule has 1 aliphatic rings. The lowest BCUT2D eigenvalue weighted by molar-refractivity contribution is -0.120. The minimum atomic E-state index is -1.55. The van der Waals surface area contributed by atoms with Crippen LogP contribution in [0.5, 0.6) is 0 Å². The van der Waals surface area contributed by atoms with Crippen molar-refractivity contribution in [1.82, 2.24) is 9.97 Å². The van der Waals surface area contributed by atoms with Crippen molar-refractivity contribution in [1.29, 1.82) is 0 Å². The lowest BCUT2D eigenvalue weighted by Crippen LogP contribution is -2.45. The average Bonchev–Trinajstić information content (AvgIpc) is 2.73. The van der Waals surface area contributed by atoms with E-state index >= 15 is 0 Å². The molecule has 0 saturated heterocycles. The highest BCUT2D eigenvalue weighted by Gasteiger charge is 2.37. The van der Waals surface area contributed by atoms with Gasteiger partial charge in [0.25, 0.3) is 5.91 Å². The number of nitrogens with two attached hydrogens (primary N) is 1. The molecule has 0 radical (unpaired) electrons. The number of fused-ring (bicyclic) bond motifs is 1. The van der Waals surface area contributed by atoms with Crippen molar-refractivity contribution < 1.29 is 13.7 Å². The van der Waals surface area contributed by atoms with Crippen molar-refractivity contribution >= 4 is 40.4 Å². The molecule has 1 aliphatic heterocycles. The van der Waals surface area contributed by atoms with Gasteiger partial charge >= 0.3 is 0 Å². The van der Waals surface area contributed by atoms with Crippen LogP contribution in [0.3, 0.4) is 0 Å². The van der Waals surface area contributed by atoms with Gasteiger partial charge in [-0.1, -0.05) is 12.1 Å². The summed E-state index contributed by atoms with van der Waals surface area (Å²) >= 11 is -1.55. The Hall–Kier alpha value is -3.21. The Kier molecular flexibility index (Phi) is 5.29. The van der Waals surface area contributed by atoms with E-state index in [0.29, 0.717) is 33.6 Å². The molecule has 3 N–H and O–H groups in total. The lowest BCUT2D eigenvalue weighted by atomic mass is 10.0. The van der Waals surface area contributed by atoms with Gasteiger partial charge in [-0.15, -0.1) is 5.14 Å². The summed E-state index contributed by atoms with van der Waals surface area (Å²) in [6, 6.07) is 12.0. The first-order valence-electron chi connectivity index (χ1n) is 9.01. The van der Waals surface area contributed by atoms with E-state index in [0.717, 1.165) is 0 Å². The number of amides is 1. The first kappa shape index (κ1) is 20.1. The first-order valence-corrected chi connectivity index (χ1v) is 10.2. The number of hydrogen-bond donors (Lipinski definition) is 2. The topological polar surface area (TPSA) is 110 Å². The molecular formula is C20H19FN6O2S. The lowest BCUT2D eigenvalue weighted by Gasteiger charge is -2.38. The number of carbonyl (C=O) groups is 1. The molecule has 2 heterocycles. The molecule has 0 spiro atoms. The summed E-state index contributed by atoms with van der Waals surface area (Å²) in [6.07, 6.45) is 1.56. The molecule has 2 unspecified atom stereocenters. The molecule has 0 bridgehead atoms. The number of halogens is 1. The maximum Gasteiger partial charge on any atom is 0.254 e. The summed E-state index contributed by atoms with van der Waals surface area (Å²) < 4.78 is 25.1. The van der Waals surface area contributed by atoms with Crippen LogP contribution in [0.1, 0.15) is 11.6 Å². The van der Waals surface area contributed by atoms with E-state index in [1.54, 1.807) is 61.6 Å². The predicted molar refractivity (Wildman–Crippen MR) is 113 cm³/mol. The fraction of sp³-hybridized carbons (Fsp3) is 0.150. The van der Waals surface area contributed by atoms with Crippen molar-refractivity contribution in [2.24, 2.45) is 5.14 Å². The maximum absolute atomic E-state index is 13.7. The monoisotopic (exact) mass is 426 g/mol. The van der Waals surface area contributed by atoms with Gasteiger partial charge in [-0.2, -0.15) is 4.98 Å². The molecule has 10 heteroatoms. The zero-order valence-corrected chi connectivity index (χ0v) is 17.1. The smallest absolute Gasteiger partial charge is 0.254 e. The molecule has 154 valence electrons. The molecule has 2 atom stereocenters. The van der Waals surface area contributed by atoms with Crippen LogP contribution in [0.25, 0.3) is 0 Å². The van der Waals surface area contributed by atoms with Crippen molar-refractivity contribution in [3.63, 3.8) is 0 Å². The van der Waals surface area contributed by atoms with Crippen LogP contribution in [0, 0.1) is 5.82 Å². The van der Waals surface area contributed by atoms with Gasteiger partial charge in [-0.25, -0.2) is 9.37 Å². The highest BCUT2D eigenvalue weighted by atomic mass is 32.2. The number of likely N-dealkylation sites (N-methyl/N-ethyl adjacent to an activating group) is 2. The van der Waals surface area contributed by atoms with E-state index in [2.05, 4.69) is 15.3 Å². The Labute approximate surface area is 175 Å². The van der Waals surface area contributed by atoms with Crippen molar-refractivity contribution in [2.75, 3.05) is 29.2 Å². The van der Waals surface area contributed by atoms with E-state index < -0.39 is 23.2 Å². The maximum atomic E-state index is 13.7. The third kappa shape index (κ3) is 3.67. The van der Waals surface area contributed by atoms with Crippen LogP contribution >= 0.6 is 0 Å². The Balaban J connectivity index is 1.66. The molecular weight excluding hydrogens is 407 g/mol. The zero-order chi connectivity index (χ0) is 21.4. The number of nitrogens with one attached hydrogen (secondary N) is 1. The summed E-state index contributed by atoms with van der Waals surface area (Å²) in [7, 11) is 3.38. The van der Waals surface area contributed by atoms with Crippen molar-refractivity contribution in [3.8, 4) is 0 Å². The van der Waals surface area contributed by atoms with Crippen molar-refractivity contribution in [3.05, 3.63) is 66.1 Å². The quantitative estimate of drug-likeness (QED) is 0.617. The molecule has 8 nitrogen and oxygen atoms in total. The third-order valence-electron chi connectivity index (χ3n) is 4.90. The van der Waals surface area contributed by atoms with Crippen molar-refractivity contribution in [2.45, 2.75) is 10.9 Å². The molecule has 3 aromatic rings. The number of anilines is 4. The summed E-state index contributed by atoms with van der Waals surface area (Å²) in [5, 5.41) is 8.45. The Bertz CT molecular complexity index is 1090. The molecule has 4 rings (SSSR count). The second kappa shape index (κ2) is 7.90. The molecule has 1 amide bonds. The molecule has 30 heavy (non-hydrogen) atoms. The number of hydrogen-bond acceptors (Lipinski definition) is 7. The van der Waals surface area contributed by atoms with E-state index in [1.165, 1.54) is 17.0 Å². The van der Waals surface area contributed by atoms with Crippen LogP contribution in [0.15, 0.2) is 59.6 Å². The van der Waals surface area contributed by atoms with E-state index in [9.17, 15) is 13.7 Å². The van der Waals surface area contributed by atoms with Crippen LogP contribution in [-0.4, -0.2) is 34.5 Å².